The molecule has 5 nitrogen and oxygen atoms in total. The van der Waals surface area contributed by atoms with E-state index in [1.807, 2.05) is 23.1 Å². The second-order valence-corrected chi connectivity index (χ2v) is 7.79. The van der Waals surface area contributed by atoms with Crippen molar-refractivity contribution < 1.29 is 14.4 Å². The summed E-state index contributed by atoms with van der Waals surface area (Å²) in [5.74, 6) is 0.435. The van der Waals surface area contributed by atoms with Crippen molar-refractivity contribution in [2.75, 3.05) is 13.1 Å². The highest BCUT2D eigenvalue weighted by Crippen LogP contribution is 2.24. The van der Waals surface area contributed by atoms with Crippen LogP contribution in [-0.2, 0) is 9.59 Å². The molecule has 1 saturated heterocycles. The van der Waals surface area contributed by atoms with Gasteiger partial charge in [-0.3, -0.25) is 14.4 Å². The highest BCUT2D eigenvalue weighted by atomic mass is 16.2. The van der Waals surface area contributed by atoms with Crippen LogP contribution in [0.4, 0.5) is 0 Å². The molecule has 0 unspecified atom stereocenters. The molecule has 1 aliphatic heterocycles. The highest BCUT2D eigenvalue weighted by Gasteiger charge is 2.27. The van der Waals surface area contributed by atoms with E-state index in [0.29, 0.717) is 18.7 Å². The van der Waals surface area contributed by atoms with E-state index in [1.165, 1.54) is 6.42 Å². The number of amides is 2. The molecule has 146 valence electrons. The fraction of sp³-hybridized carbons (Fsp3) is 0.591. The van der Waals surface area contributed by atoms with Crippen LogP contribution in [0.1, 0.15) is 68.1 Å². The number of piperidine rings is 1. The topological polar surface area (TPSA) is 66.5 Å². The van der Waals surface area contributed by atoms with Gasteiger partial charge in [0.2, 0.25) is 11.8 Å². The van der Waals surface area contributed by atoms with Gasteiger partial charge in [-0.05, 0) is 25.7 Å². The van der Waals surface area contributed by atoms with E-state index in [2.05, 4.69) is 5.32 Å². The molecule has 1 heterocycles. The minimum atomic E-state index is 0.0126. The number of ketones is 1. The second-order valence-electron chi connectivity index (χ2n) is 7.79. The molecule has 1 N–H and O–H groups in total. The predicted molar refractivity (Wildman–Crippen MR) is 104 cm³/mol. The van der Waals surface area contributed by atoms with Crippen LogP contribution in [0.3, 0.4) is 0 Å². The van der Waals surface area contributed by atoms with E-state index in [-0.39, 0.29) is 42.4 Å². The normalized spacial score (nSPS) is 18.9. The third-order valence-corrected chi connectivity index (χ3v) is 5.83. The Balaban J connectivity index is 1.37. The Bertz CT molecular complexity index is 645. The molecule has 0 radical (unpaired) electrons. The van der Waals surface area contributed by atoms with Gasteiger partial charge in [0.05, 0.1) is 0 Å². The van der Waals surface area contributed by atoms with Crippen LogP contribution < -0.4 is 5.32 Å². The number of hydrogen-bond donors (Lipinski definition) is 1. The Kier molecular flexibility index (Phi) is 7.02. The van der Waals surface area contributed by atoms with Crippen LogP contribution in [0.2, 0.25) is 0 Å². The van der Waals surface area contributed by atoms with Crippen molar-refractivity contribution in [1.82, 2.24) is 10.2 Å². The van der Waals surface area contributed by atoms with Crippen LogP contribution in [0.25, 0.3) is 0 Å². The molecular formula is C22H30N2O3. The number of likely N-dealkylation sites (tertiary alicyclic amines) is 1. The lowest BCUT2D eigenvalue weighted by Crippen LogP contribution is -2.48. The van der Waals surface area contributed by atoms with E-state index in [4.69, 9.17) is 0 Å². The molecule has 2 aliphatic rings. The standard InChI is InChI=1S/C22H30N2O3/c25-20(17-7-3-1-4-8-17)11-12-21(26)24-15-13-19(14-16-24)23-22(27)18-9-5-2-6-10-18/h1,3-4,7-8,18-19H,2,5-6,9-16H2,(H,23,27). The molecule has 5 heteroatoms. The van der Waals surface area contributed by atoms with Crippen molar-refractivity contribution in [3.63, 3.8) is 0 Å². The number of carbonyl (C=O) groups is 3. The molecule has 0 atom stereocenters. The van der Waals surface area contributed by atoms with Gasteiger partial charge in [-0.1, -0.05) is 49.6 Å². The highest BCUT2D eigenvalue weighted by molar-refractivity contribution is 5.97. The maximum Gasteiger partial charge on any atom is 0.223 e. The molecule has 2 amide bonds. The lowest BCUT2D eigenvalue weighted by molar-refractivity contribution is -0.132. The quantitative estimate of drug-likeness (QED) is 0.781. The molecule has 0 bridgehead atoms. The molecule has 1 aromatic carbocycles. The van der Waals surface area contributed by atoms with Crippen molar-refractivity contribution in [2.45, 2.75) is 63.8 Å². The Hall–Kier alpha value is -2.17. The molecule has 0 aromatic heterocycles. The molecule has 1 aliphatic carbocycles. The lowest BCUT2D eigenvalue weighted by Gasteiger charge is -2.33. The van der Waals surface area contributed by atoms with Crippen molar-refractivity contribution in [3.8, 4) is 0 Å². The molecule has 2 fully saturated rings. The Labute approximate surface area is 161 Å². The first-order chi connectivity index (χ1) is 13.1. The SMILES string of the molecule is O=C(CCC(=O)N1CCC(NC(=O)C2CCCCC2)CC1)c1ccccc1. The first kappa shape index (κ1) is 19.6. The molecule has 0 spiro atoms. The van der Waals surface area contributed by atoms with Gasteiger partial charge < -0.3 is 10.2 Å². The monoisotopic (exact) mass is 370 g/mol. The minimum absolute atomic E-state index is 0.0126. The van der Waals surface area contributed by atoms with Crippen molar-refractivity contribution in [3.05, 3.63) is 35.9 Å². The van der Waals surface area contributed by atoms with Gasteiger partial charge in [0.15, 0.2) is 5.78 Å². The van der Waals surface area contributed by atoms with Gasteiger partial charge in [-0.25, -0.2) is 0 Å². The fourth-order valence-corrected chi connectivity index (χ4v) is 4.10. The maximum absolute atomic E-state index is 12.4. The summed E-state index contributed by atoms with van der Waals surface area (Å²) < 4.78 is 0. The van der Waals surface area contributed by atoms with Crippen molar-refractivity contribution in [1.29, 1.82) is 0 Å². The van der Waals surface area contributed by atoms with Crippen molar-refractivity contribution >= 4 is 17.6 Å². The van der Waals surface area contributed by atoms with Crippen LogP contribution >= 0.6 is 0 Å². The first-order valence-corrected chi connectivity index (χ1v) is 10.3. The maximum atomic E-state index is 12.4. The second kappa shape index (κ2) is 9.67. The Morgan fingerprint density at radius 2 is 1.56 bits per heavy atom. The van der Waals surface area contributed by atoms with Gasteiger partial charge in [-0.15, -0.1) is 0 Å². The number of nitrogens with zero attached hydrogens (tertiary/aromatic N) is 1. The number of carbonyl (C=O) groups excluding carboxylic acids is 3. The zero-order valence-electron chi connectivity index (χ0n) is 16.0. The van der Waals surface area contributed by atoms with Gasteiger partial charge in [0.1, 0.15) is 0 Å². The summed E-state index contributed by atoms with van der Waals surface area (Å²) in [7, 11) is 0. The van der Waals surface area contributed by atoms with Gasteiger partial charge in [0, 0.05) is 43.5 Å². The van der Waals surface area contributed by atoms with Crippen molar-refractivity contribution in [2.24, 2.45) is 5.92 Å². The smallest absolute Gasteiger partial charge is 0.223 e. The molecule has 1 saturated carbocycles. The predicted octanol–water partition coefficient (Wildman–Crippen LogP) is 3.34. The summed E-state index contributed by atoms with van der Waals surface area (Å²) in [6.45, 7) is 1.32. The molecule has 3 rings (SSSR count). The van der Waals surface area contributed by atoms with Crippen LogP contribution in [0.5, 0.6) is 0 Å². The number of nitrogens with one attached hydrogen (secondary N) is 1. The number of benzene rings is 1. The van der Waals surface area contributed by atoms with E-state index >= 15 is 0 Å². The zero-order chi connectivity index (χ0) is 19.1. The third-order valence-electron chi connectivity index (χ3n) is 5.83. The molecule has 27 heavy (non-hydrogen) atoms. The summed E-state index contributed by atoms with van der Waals surface area (Å²) in [5, 5.41) is 3.19. The summed E-state index contributed by atoms with van der Waals surface area (Å²) in [4.78, 5) is 38.7. The zero-order valence-corrected chi connectivity index (χ0v) is 16.0. The average molecular weight is 370 g/mol. The first-order valence-electron chi connectivity index (χ1n) is 10.3. The van der Waals surface area contributed by atoms with Crippen LogP contribution in [0, 0.1) is 5.92 Å². The van der Waals surface area contributed by atoms with Crippen LogP contribution in [-0.4, -0.2) is 41.6 Å². The average Bonchev–Trinajstić information content (AvgIpc) is 2.73. The van der Waals surface area contributed by atoms with E-state index in [9.17, 15) is 14.4 Å². The number of hydrogen-bond acceptors (Lipinski definition) is 3. The van der Waals surface area contributed by atoms with E-state index in [1.54, 1.807) is 12.1 Å². The summed E-state index contributed by atoms with van der Waals surface area (Å²) in [5.41, 5.74) is 0.662. The minimum Gasteiger partial charge on any atom is -0.353 e. The summed E-state index contributed by atoms with van der Waals surface area (Å²) in [6.07, 6.45) is 7.70. The Morgan fingerprint density at radius 3 is 2.22 bits per heavy atom. The van der Waals surface area contributed by atoms with Gasteiger partial charge in [-0.2, -0.15) is 0 Å². The largest absolute Gasteiger partial charge is 0.353 e. The fourth-order valence-electron chi connectivity index (χ4n) is 4.10. The molecule has 1 aromatic rings. The number of Topliss-reactive ketones (excluding diaryl/α,β-unsaturated/α-hetero) is 1. The summed E-state index contributed by atoms with van der Waals surface area (Å²) >= 11 is 0. The van der Waals surface area contributed by atoms with Gasteiger partial charge in [0.25, 0.3) is 0 Å². The van der Waals surface area contributed by atoms with E-state index in [0.717, 1.165) is 38.5 Å². The van der Waals surface area contributed by atoms with Gasteiger partial charge >= 0.3 is 0 Å². The number of rotatable bonds is 6. The van der Waals surface area contributed by atoms with Crippen LogP contribution in [0.15, 0.2) is 30.3 Å². The summed E-state index contributed by atoms with van der Waals surface area (Å²) in [6, 6.07) is 9.29. The third kappa shape index (κ3) is 5.65. The molecular weight excluding hydrogens is 340 g/mol. The Morgan fingerprint density at radius 1 is 0.889 bits per heavy atom. The van der Waals surface area contributed by atoms with E-state index < -0.39 is 0 Å². The lowest BCUT2D eigenvalue weighted by atomic mass is 9.88.